The number of carbonyl (C=O) groups is 2. The van der Waals surface area contributed by atoms with E-state index >= 15 is 0 Å². The zero-order valence-electron chi connectivity index (χ0n) is 16.3. The second-order valence-electron chi connectivity index (χ2n) is 7.13. The van der Waals surface area contributed by atoms with Crippen LogP contribution in [0.4, 0.5) is 5.69 Å². The summed E-state index contributed by atoms with van der Waals surface area (Å²) in [7, 11) is 0. The number of rotatable bonds is 8. The number of nitrogens with zero attached hydrogens (tertiary/aromatic N) is 3. The fourth-order valence-corrected chi connectivity index (χ4v) is 3.55. The summed E-state index contributed by atoms with van der Waals surface area (Å²) in [5, 5.41) is 6.83. The summed E-state index contributed by atoms with van der Waals surface area (Å²) < 4.78 is 0. The standard InChI is InChI=1S/C22H21ClN4O3/c23-19(28)8-4-5-11-30-26-21(15-6-2-1-3-7-15)16-9-10-18-17(12-16)13-27-14-20(29)25-22(27)24-18/h1-3,6-7,9-10,12H,4-5,8,11,13-14H2,(H,24,25,29). The average molecular weight is 425 g/mol. The second-order valence-corrected chi connectivity index (χ2v) is 7.56. The van der Waals surface area contributed by atoms with Gasteiger partial charge in [0, 0.05) is 24.1 Å². The van der Waals surface area contributed by atoms with Crippen molar-refractivity contribution in [2.24, 2.45) is 10.1 Å². The van der Waals surface area contributed by atoms with Crippen LogP contribution >= 0.6 is 11.6 Å². The molecule has 1 saturated heterocycles. The van der Waals surface area contributed by atoms with Gasteiger partial charge in [0.15, 0.2) is 0 Å². The molecule has 2 aliphatic rings. The lowest BCUT2D eigenvalue weighted by atomic mass is 9.99. The number of unbranched alkanes of at least 4 members (excludes halogenated alkanes) is 1. The van der Waals surface area contributed by atoms with E-state index in [0.29, 0.717) is 44.9 Å². The Labute approximate surface area is 179 Å². The Hall–Kier alpha value is -3.19. The summed E-state index contributed by atoms with van der Waals surface area (Å²) in [6, 6.07) is 15.7. The number of oxime groups is 1. The molecule has 2 aliphatic heterocycles. The van der Waals surface area contributed by atoms with Gasteiger partial charge >= 0.3 is 0 Å². The van der Waals surface area contributed by atoms with Gasteiger partial charge in [-0.05, 0) is 42.1 Å². The number of aliphatic imine (C=N–C) groups is 1. The number of carbonyl (C=O) groups excluding carboxylic acids is 2. The number of fused-ring (bicyclic) bond motifs is 2. The summed E-state index contributed by atoms with van der Waals surface area (Å²) in [5.41, 5.74) is 4.43. The topological polar surface area (TPSA) is 83.4 Å². The molecular weight excluding hydrogens is 404 g/mol. The average Bonchev–Trinajstić information content (AvgIpc) is 3.10. The highest BCUT2D eigenvalue weighted by Crippen LogP contribution is 2.29. The third-order valence-corrected chi connectivity index (χ3v) is 5.08. The normalized spacial score (nSPS) is 15.2. The number of benzene rings is 2. The van der Waals surface area contributed by atoms with E-state index in [1.807, 2.05) is 53.4 Å². The van der Waals surface area contributed by atoms with Gasteiger partial charge in [-0.2, -0.15) is 0 Å². The lowest BCUT2D eigenvalue weighted by Crippen LogP contribution is -2.32. The molecule has 4 rings (SSSR count). The van der Waals surface area contributed by atoms with Gasteiger partial charge in [-0.25, -0.2) is 4.99 Å². The fraction of sp³-hybridized carbons (Fsp3) is 0.273. The molecule has 0 aliphatic carbocycles. The highest BCUT2D eigenvalue weighted by Gasteiger charge is 2.29. The number of hydrogen-bond acceptors (Lipinski definition) is 6. The van der Waals surface area contributed by atoms with Crippen LogP contribution in [0.15, 0.2) is 58.7 Å². The fourth-order valence-electron chi connectivity index (χ4n) is 3.42. The van der Waals surface area contributed by atoms with Crippen molar-refractivity contribution in [2.75, 3.05) is 13.2 Å². The van der Waals surface area contributed by atoms with Crippen molar-refractivity contribution in [3.63, 3.8) is 0 Å². The van der Waals surface area contributed by atoms with E-state index in [2.05, 4.69) is 15.5 Å². The molecule has 1 fully saturated rings. The van der Waals surface area contributed by atoms with Gasteiger partial charge in [0.1, 0.15) is 18.9 Å². The monoisotopic (exact) mass is 424 g/mol. The van der Waals surface area contributed by atoms with Gasteiger partial charge < -0.3 is 9.74 Å². The maximum atomic E-state index is 11.7. The van der Waals surface area contributed by atoms with Gasteiger partial charge in [-0.15, -0.1) is 0 Å². The van der Waals surface area contributed by atoms with Crippen LogP contribution in [-0.2, 0) is 21.0 Å². The predicted molar refractivity (Wildman–Crippen MR) is 115 cm³/mol. The molecule has 2 heterocycles. The highest BCUT2D eigenvalue weighted by molar-refractivity contribution is 6.63. The number of amides is 1. The smallest absolute Gasteiger partial charge is 0.246 e. The van der Waals surface area contributed by atoms with Crippen molar-refractivity contribution in [1.29, 1.82) is 0 Å². The Kier molecular flexibility index (Phi) is 6.09. The molecule has 0 aromatic heterocycles. The molecule has 1 N–H and O–H groups in total. The quantitative estimate of drug-likeness (QED) is 0.305. The molecule has 30 heavy (non-hydrogen) atoms. The lowest BCUT2D eigenvalue weighted by molar-refractivity contribution is -0.118. The van der Waals surface area contributed by atoms with Crippen LogP contribution in [0.1, 0.15) is 36.0 Å². The van der Waals surface area contributed by atoms with Crippen molar-refractivity contribution < 1.29 is 14.4 Å². The molecule has 0 bridgehead atoms. The van der Waals surface area contributed by atoms with Crippen LogP contribution in [0.3, 0.4) is 0 Å². The summed E-state index contributed by atoms with van der Waals surface area (Å²) in [6.07, 6.45) is 1.70. The third kappa shape index (κ3) is 4.68. The molecule has 0 saturated carbocycles. The van der Waals surface area contributed by atoms with Crippen molar-refractivity contribution in [3.8, 4) is 0 Å². The van der Waals surface area contributed by atoms with Gasteiger partial charge in [0.25, 0.3) is 0 Å². The Bertz CT molecular complexity index is 1020. The molecule has 2 aromatic carbocycles. The Morgan fingerprint density at radius 1 is 1.13 bits per heavy atom. The minimum absolute atomic E-state index is 0.0439. The van der Waals surface area contributed by atoms with Gasteiger partial charge in [-0.3, -0.25) is 14.9 Å². The molecule has 1 amide bonds. The summed E-state index contributed by atoms with van der Waals surface area (Å²) in [5.74, 6) is 0.563. The summed E-state index contributed by atoms with van der Waals surface area (Å²) in [6.45, 7) is 1.33. The van der Waals surface area contributed by atoms with E-state index in [1.165, 1.54) is 0 Å². The van der Waals surface area contributed by atoms with Crippen LogP contribution in [0.5, 0.6) is 0 Å². The van der Waals surface area contributed by atoms with Crippen LogP contribution in [0.2, 0.25) is 0 Å². The van der Waals surface area contributed by atoms with Gasteiger partial charge in [0.2, 0.25) is 17.1 Å². The molecule has 154 valence electrons. The first kappa shape index (κ1) is 20.1. The van der Waals surface area contributed by atoms with E-state index in [0.717, 1.165) is 28.1 Å². The first-order valence-corrected chi connectivity index (χ1v) is 10.2. The molecule has 7 nitrogen and oxygen atoms in total. The first-order valence-electron chi connectivity index (χ1n) is 9.80. The highest BCUT2D eigenvalue weighted by atomic mass is 35.5. The van der Waals surface area contributed by atoms with E-state index in [4.69, 9.17) is 16.4 Å². The Morgan fingerprint density at radius 2 is 1.97 bits per heavy atom. The third-order valence-electron chi connectivity index (χ3n) is 4.89. The molecule has 0 spiro atoms. The minimum Gasteiger partial charge on any atom is -0.395 e. The lowest BCUT2D eigenvalue weighted by Gasteiger charge is -2.23. The van der Waals surface area contributed by atoms with Crippen molar-refractivity contribution >= 4 is 40.1 Å². The molecule has 0 radical (unpaired) electrons. The SMILES string of the molecule is O=C(Cl)CCCCON=C(c1ccccc1)c1ccc2c(c1)CN1CC(=O)NC1=N2. The van der Waals surface area contributed by atoms with E-state index in [9.17, 15) is 9.59 Å². The second kappa shape index (κ2) is 9.09. The minimum atomic E-state index is -0.335. The summed E-state index contributed by atoms with van der Waals surface area (Å²) in [4.78, 5) is 34.5. The predicted octanol–water partition coefficient (Wildman–Crippen LogP) is 3.32. The number of hydrogen-bond donors (Lipinski definition) is 1. The molecular formula is C22H21ClN4O3. The van der Waals surface area contributed by atoms with Crippen LogP contribution in [0.25, 0.3) is 0 Å². The van der Waals surface area contributed by atoms with E-state index in [-0.39, 0.29) is 11.1 Å². The number of nitrogens with one attached hydrogen (secondary N) is 1. The maximum Gasteiger partial charge on any atom is 0.246 e. The van der Waals surface area contributed by atoms with Crippen molar-refractivity contribution in [2.45, 2.75) is 25.8 Å². The van der Waals surface area contributed by atoms with Crippen molar-refractivity contribution in [3.05, 3.63) is 65.2 Å². The van der Waals surface area contributed by atoms with Crippen LogP contribution < -0.4 is 5.32 Å². The van der Waals surface area contributed by atoms with Gasteiger partial charge in [-0.1, -0.05) is 41.6 Å². The largest absolute Gasteiger partial charge is 0.395 e. The number of halogens is 1. The maximum absolute atomic E-state index is 11.7. The number of guanidine groups is 1. The molecule has 0 atom stereocenters. The van der Waals surface area contributed by atoms with E-state index in [1.54, 1.807) is 0 Å². The summed E-state index contributed by atoms with van der Waals surface area (Å²) >= 11 is 5.36. The van der Waals surface area contributed by atoms with Crippen LogP contribution in [-0.4, -0.2) is 40.9 Å². The van der Waals surface area contributed by atoms with Gasteiger partial charge in [0.05, 0.1) is 5.69 Å². The van der Waals surface area contributed by atoms with Crippen LogP contribution in [0, 0.1) is 0 Å². The molecule has 2 aromatic rings. The van der Waals surface area contributed by atoms with E-state index < -0.39 is 0 Å². The van der Waals surface area contributed by atoms with Crippen molar-refractivity contribution in [1.82, 2.24) is 10.2 Å². The zero-order chi connectivity index (χ0) is 20.9. The zero-order valence-corrected chi connectivity index (χ0v) is 17.1. The molecule has 8 heteroatoms. The first-order chi connectivity index (χ1) is 14.6. The Balaban J connectivity index is 1.55. The molecule has 0 unspecified atom stereocenters. The Morgan fingerprint density at radius 3 is 2.77 bits per heavy atom.